The zero-order valence-electron chi connectivity index (χ0n) is 14.8. The lowest BCUT2D eigenvalue weighted by Gasteiger charge is -2.26. The lowest BCUT2D eigenvalue weighted by molar-refractivity contribution is 0.182. The number of aliphatic imine (C=N–C) groups is 1. The minimum atomic E-state index is 0.124. The van der Waals surface area contributed by atoms with Crippen LogP contribution in [-0.2, 0) is 0 Å². The molecule has 0 amide bonds. The number of unbranched alkanes of at least 4 members (excludes halogenated alkanes) is 8. The van der Waals surface area contributed by atoms with Crippen LogP contribution >= 0.6 is 0 Å². The molecule has 0 bridgehead atoms. The first-order chi connectivity index (χ1) is 10.8. The van der Waals surface area contributed by atoms with Crippen LogP contribution in [0.25, 0.3) is 0 Å². The summed E-state index contributed by atoms with van der Waals surface area (Å²) in [7, 11) is 0. The van der Waals surface area contributed by atoms with Crippen molar-refractivity contribution in [3.05, 3.63) is 12.2 Å². The van der Waals surface area contributed by atoms with Crippen molar-refractivity contribution in [2.45, 2.75) is 96.8 Å². The van der Waals surface area contributed by atoms with Crippen LogP contribution in [0.15, 0.2) is 17.1 Å². The lowest BCUT2D eigenvalue weighted by atomic mass is 10.1. The highest BCUT2D eigenvalue weighted by Gasteiger charge is 2.22. The molecule has 0 spiro atoms. The predicted octanol–water partition coefficient (Wildman–Crippen LogP) is 4.87. The molecule has 2 unspecified atom stereocenters. The van der Waals surface area contributed by atoms with Gasteiger partial charge in [0.15, 0.2) is 0 Å². The van der Waals surface area contributed by atoms with Crippen molar-refractivity contribution in [2.75, 3.05) is 6.54 Å². The van der Waals surface area contributed by atoms with E-state index < -0.39 is 0 Å². The highest BCUT2D eigenvalue weighted by Crippen LogP contribution is 2.17. The molecular formula is C19H37N3. The van der Waals surface area contributed by atoms with E-state index in [9.17, 15) is 0 Å². The topological polar surface area (TPSA) is 41.6 Å². The van der Waals surface area contributed by atoms with E-state index in [1.165, 1.54) is 70.6 Å². The second-order valence-corrected chi connectivity index (χ2v) is 6.56. The highest BCUT2D eigenvalue weighted by atomic mass is 15.3. The fraction of sp³-hybridized carbons (Fsp3) is 0.842. The van der Waals surface area contributed by atoms with Crippen molar-refractivity contribution in [1.29, 1.82) is 0 Å². The first kappa shape index (κ1) is 19.4. The molecule has 0 aliphatic carbocycles. The van der Waals surface area contributed by atoms with Gasteiger partial charge in [-0.15, -0.1) is 0 Å². The number of hydrogen-bond donors (Lipinski definition) is 1. The Morgan fingerprint density at radius 3 is 2.41 bits per heavy atom. The standard InChI is InChI=1S/C19H37N3/c1-3-4-5-6-7-8-9-10-11-12-13-14-15-19-21-16-17-22(19)18(2)20/h5-6,16,18-19H,3-4,7-15,17,20H2,1-2H3/b6-5+. The number of hydrogen-bond acceptors (Lipinski definition) is 3. The molecule has 3 heteroatoms. The van der Waals surface area contributed by atoms with E-state index in [1.807, 2.05) is 6.21 Å². The summed E-state index contributed by atoms with van der Waals surface area (Å²) in [5, 5.41) is 0. The quantitative estimate of drug-likeness (QED) is 0.389. The van der Waals surface area contributed by atoms with Gasteiger partial charge in [0.1, 0.15) is 6.17 Å². The molecule has 1 heterocycles. The van der Waals surface area contributed by atoms with Gasteiger partial charge >= 0.3 is 0 Å². The van der Waals surface area contributed by atoms with Gasteiger partial charge in [0, 0.05) is 12.8 Å². The van der Waals surface area contributed by atoms with Crippen molar-refractivity contribution in [3.63, 3.8) is 0 Å². The first-order valence-corrected chi connectivity index (χ1v) is 9.43. The first-order valence-electron chi connectivity index (χ1n) is 9.43. The number of rotatable bonds is 13. The monoisotopic (exact) mass is 307 g/mol. The fourth-order valence-corrected chi connectivity index (χ4v) is 3.02. The third-order valence-electron chi connectivity index (χ3n) is 4.43. The van der Waals surface area contributed by atoms with Crippen LogP contribution in [-0.4, -0.2) is 30.0 Å². The smallest absolute Gasteiger partial charge is 0.103 e. The summed E-state index contributed by atoms with van der Waals surface area (Å²) in [6, 6.07) is 0. The van der Waals surface area contributed by atoms with Gasteiger partial charge in [-0.05, 0) is 39.0 Å². The average Bonchev–Trinajstić information content (AvgIpc) is 2.97. The summed E-state index contributed by atoms with van der Waals surface area (Å²) < 4.78 is 0. The van der Waals surface area contributed by atoms with Gasteiger partial charge in [-0.2, -0.15) is 0 Å². The third-order valence-corrected chi connectivity index (χ3v) is 4.43. The van der Waals surface area contributed by atoms with Gasteiger partial charge in [0.25, 0.3) is 0 Å². The molecule has 0 aromatic carbocycles. The van der Waals surface area contributed by atoms with Crippen molar-refractivity contribution >= 4 is 6.21 Å². The van der Waals surface area contributed by atoms with E-state index in [0.29, 0.717) is 6.17 Å². The minimum absolute atomic E-state index is 0.124. The van der Waals surface area contributed by atoms with Crippen LogP contribution < -0.4 is 5.73 Å². The van der Waals surface area contributed by atoms with E-state index >= 15 is 0 Å². The Bertz CT molecular complexity index is 310. The average molecular weight is 308 g/mol. The Morgan fingerprint density at radius 1 is 1.09 bits per heavy atom. The Kier molecular flexibility index (Phi) is 11.3. The molecule has 0 saturated carbocycles. The van der Waals surface area contributed by atoms with Crippen LogP contribution in [0.3, 0.4) is 0 Å². The predicted molar refractivity (Wildman–Crippen MR) is 98.2 cm³/mol. The van der Waals surface area contributed by atoms with Crippen molar-refractivity contribution in [3.8, 4) is 0 Å². The highest BCUT2D eigenvalue weighted by molar-refractivity contribution is 5.62. The summed E-state index contributed by atoms with van der Waals surface area (Å²) in [5.41, 5.74) is 5.97. The molecular weight excluding hydrogens is 270 g/mol. The van der Waals surface area contributed by atoms with E-state index in [2.05, 4.69) is 35.9 Å². The summed E-state index contributed by atoms with van der Waals surface area (Å²) >= 11 is 0. The fourth-order valence-electron chi connectivity index (χ4n) is 3.02. The van der Waals surface area contributed by atoms with Crippen LogP contribution in [0, 0.1) is 0 Å². The SMILES string of the molecule is CCC/C=C/CCCCCCCCCC1N=CCN1C(C)N. The molecule has 22 heavy (non-hydrogen) atoms. The van der Waals surface area contributed by atoms with Crippen LogP contribution in [0.1, 0.15) is 84.5 Å². The maximum Gasteiger partial charge on any atom is 0.103 e. The Morgan fingerprint density at radius 2 is 1.73 bits per heavy atom. The molecule has 0 saturated heterocycles. The summed E-state index contributed by atoms with van der Waals surface area (Å²) in [6.45, 7) is 5.21. The van der Waals surface area contributed by atoms with Crippen LogP contribution in [0.2, 0.25) is 0 Å². The molecule has 1 aliphatic rings. The molecule has 3 nitrogen and oxygen atoms in total. The molecule has 0 aromatic rings. The maximum atomic E-state index is 5.97. The van der Waals surface area contributed by atoms with Crippen molar-refractivity contribution in [1.82, 2.24) is 4.90 Å². The van der Waals surface area contributed by atoms with Gasteiger partial charge in [-0.3, -0.25) is 9.89 Å². The third kappa shape index (κ3) is 8.70. The summed E-state index contributed by atoms with van der Waals surface area (Å²) in [4.78, 5) is 6.83. The molecule has 0 aromatic heterocycles. The Labute approximate surface area is 138 Å². The van der Waals surface area contributed by atoms with E-state index in [-0.39, 0.29) is 6.17 Å². The second kappa shape index (κ2) is 12.8. The second-order valence-electron chi connectivity index (χ2n) is 6.56. The zero-order valence-corrected chi connectivity index (χ0v) is 14.8. The number of allylic oxidation sites excluding steroid dienone is 2. The Hall–Kier alpha value is -0.670. The molecule has 0 radical (unpaired) electrons. The number of nitrogens with two attached hydrogens (primary N) is 1. The van der Waals surface area contributed by atoms with E-state index in [1.54, 1.807) is 0 Å². The minimum Gasteiger partial charge on any atom is -0.316 e. The van der Waals surface area contributed by atoms with Gasteiger partial charge in [0.05, 0.1) is 6.17 Å². The van der Waals surface area contributed by atoms with E-state index in [0.717, 1.165) is 6.54 Å². The van der Waals surface area contributed by atoms with Crippen molar-refractivity contribution < 1.29 is 0 Å². The molecule has 0 fully saturated rings. The zero-order chi connectivity index (χ0) is 16.0. The van der Waals surface area contributed by atoms with Crippen LogP contribution in [0.5, 0.6) is 0 Å². The molecule has 128 valence electrons. The van der Waals surface area contributed by atoms with Gasteiger partial charge in [-0.1, -0.05) is 57.6 Å². The molecule has 2 atom stereocenters. The molecule has 1 aliphatic heterocycles. The lowest BCUT2D eigenvalue weighted by Crippen LogP contribution is -2.43. The summed E-state index contributed by atoms with van der Waals surface area (Å²) in [6.07, 6.45) is 21.7. The summed E-state index contributed by atoms with van der Waals surface area (Å²) in [5.74, 6) is 0. The Balaban J connectivity index is 1.87. The largest absolute Gasteiger partial charge is 0.316 e. The molecule has 2 N–H and O–H groups in total. The normalized spacial score (nSPS) is 20.2. The maximum absolute atomic E-state index is 5.97. The van der Waals surface area contributed by atoms with Gasteiger partial charge in [0.2, 0.25) is 0 Å². The van der Waals surface area contributed by atoms with Gasteiger partial charge in [-0.25, -0.2) is 0 Å². The van der Waals surface area contributed by atoms with Gasteiger partial charge < -0.3 is 5.73 Å². The van der Waals surface area contributed by atoms with Crippen molar-refractivity contribution in [2.24, 2.45) is 10.7 Å². The van der Waals surface area contributed by atoms with Crippen LogP contribution in [0.4, 0.5) is 0 Å². The number of nitrogens with zero attached hydrogens (tertiary/aromatic N) is 2. The molecule has 1 rings (SSSR count). The van der Waals surface area contributed by atoms with E-state index in [4.69, 9.17) is 5.73 Å².